The first-order valence-electron chi connectivity index (χ1n) is 25.8. The fourth-order valence-electron chi connectivity index (χ4n) is 7.14. The van der Waals surface area contributed by atoms with Gasteiger partial charge in [-0.2, -0.15) is 0 Å². The number of carbonyl (C=O) groups excluding carboxylic acids is 3. The Morgan fingerprint density at radius 3 is 1.07 bits per heavy atom. The minimum Gasteiger partial charge on any atom is -0.462 e. The van der Waals surface area contributed by atoms with Crippen LogP contribution in [0.15, 0.2) is 60.8 Å². The van der Waals surface area contributed by atoms with Crippen LogP contribution in [-0.4, -0.2) is 37.2 Å². The van der Waals surface area contributed by atoms with Crippen LogP contribution in [0.4, 0.5) is 0 Å². The zero-order valence-electron chi connectivity index (χ0n) is 40.2. The number of unbranched alkanes of at least 4 members (excludes halogenated alkanes) is 27. The van der Waals surface area contributed by atoms with Crippen LogP contribution in [0.3, 0.4) is 0 Å². The molecule has 1 atom stereocenters. The summed E-state index contributed by atoms with van der Waals surface area (Å²) in [5.74, 6) is -0.924. The summed E-state index contributed by atoms with van der Waals surface area (Å²) in [4.78, 5) is 37.9. The lowest BCUT2D eigenvalue weighted by Crippen LogP contribution is -2.30. The Bertz CT molecular complexity index is 1120. The van der Waals surface area contributed by atoms with Crippen LogP contribution in [0.5, 0.6) is 0 Å². The maximum Gasteiger partial charge on any atom is 0.306 e. The van der Waals surface area contributed by atoms with E-state index in [4.69, 9.17) is 14.2 Å². The van der Waals surface area contributed by atoms with Crippen LogP contribution in [0.1, 0.15) is 252 Å². The van der Waals surface area contributed by atoms with Crippen molar-refractivity contribution in [2.24, 2.45) is 0 Å². The highest BCUT2D eigenvalue weighted by atomic mass is 16.6. The van der Waals surface area contributed by atoms with Gasteiger partial charge in [-0.3, -0.25) is 14.4 Å². The van der Waals surface area contributed by atoms with Crippen LogP contribution in [-0.2, 0) is 28.6 Å². The molecule has 0 fully saturated rings. The Labute approximate surface area is 377 Å². The van der Waals surface area contributed by atoms with Crippen LogP contribution in [0, 0.1) is 0 Å². The highest BCUT2D eigenvalue weighted by Gasteiger charge is 2.19. The Morgan fingerprint density at radius 1 is 0.344 bits per heavy atom. The number of ether oxygens (including phenoxy) is 3. The quantitative estimate of drug-likeness (QED) is 0.0200. The van der Waals surface area contributed by atoms with E-state index in [1.54, 1.807) is 0 Å². The van der Waals surface area contributed by atoms with Gasteiger partial charge in [0.1, 0.15) is 13.2 Å². The van der Waals surface area contributed by atoms with Crippen molar-refractivity contribution in [3.8, 4) is 0 Å². The number of hydrogen-bond donors (Lipinski definition) is 0. The third kappa shape index (κ3) is 48.0. The molecular formula is C55H96O6. The van der Waals surface area contributed by atoms with Gasteiger partial charge >= 0.3 is 17.9 Å². The summed E-state index contributed by atoms with van der Waals surface area (Å²) in [5.41, 5.74) is 0. The molecule has 0 saturated heterocycles. The highest BCUT2D eigenvalue weighted by molar-refractivity contribution is 5.71. The average Bonchev–Trinajstić information content (AvgIpc) is 3.26. The number of carbonyl (C=O) groups is 3. The summed E-state index contributed by atoms with van der Waals surface area (Å²) in [6, 6.07) is 0. The van der Waals surface area contributed by atoms with Gasteiger partial charge in [0, 0.05) is 19.3 Å². The van der Waals surface area contributed by atoms with E-state index in [2.05, 4.69) is 81.5 Å². The van der Waals surface area contributed by atoms with Gasteiger partial charge in [-0.15, -0.1) is 0 Å². The highest BCUT2D eigenvalue weighted by Crippen LogP contribution is 2.14. The summed E-state index contributed by atoms with van der Waals surface area (Å²) < 4.78 is 16.8. The molecule has 0 aromatic rings. The lowest BCUT2D eigenvalue weighted by Gasteiger charge is -2.18. The zero-order valence-corrected chi connectivity index (χ0v) is 40.2. The third-order valence-corrected chi connectivity index (χ3v) is 11.0. The van der Waals surface area contributed by atoms with E-state index in [1.807, 2.05) is 0 Å². The summed E-state index contributed by atoms with van der Waals surface area (Å²) in [7, 11) is 0. The first-order chi connectivity index (χ1) is 30.0. The first kappa shape index (κ1) is 58.1. The van der Waals surface area contributed by atoms with Crippen molar-refractivity contribution in [3.63, 3.8) is 0 Å². The lowest BCUT2D eigenvalue weighted by molar-refractivity contribution is -0.167. The lowest BCUT2D eigenvalue weighted by atomic mass is 10.1. The number of hydrogen-bond acceptors (Lipinski definition) is 6. The smallest absolute Gasteiger partial charge is 0.306 e. The van der Waals surface area contributed by atoms with E-state index in [-0.39, 0.29) is 31.1 Å². The van der Waals surface area contributed by atoms with E-state index in [9.17, 15) is 14.4 Å². The van der Waals surface area contributed by atoms with Gasteiger partial charge in [-0.05, 0) is 89.9 Å². The summed E-state index contributed by atoms with van der Waals surface area (Å²) in [5, 5.41) is 0. The second-order valence-corrected chi connectivity index (χ2v) is 17.1. The molecule has 0 rings (SSSR count). The molecule has 0 aromatic heterocycles. The fraction of sp³-hybridized carbons (Fsp3) is 0.764. The van der Waals surface area contributed by atoms with Crippen LogP contribution in [0.25, 0.3) is 0 Å². The van der Waals surface area contributed by atoms with Gasteiger partial charge in [0.2, 0.25) is 0 Å². The molecule has 6 nitrogen and oxygen atoms in total. The Hall–Kier alpha value is -2.89. The van der Waals surface area contributed by atoms with Crippen molar-refractivity contribution < 1.29 is 28.6 Å². The molecular weight excluding hydrogens is 757 g/mol. The molecule has 0 saturated carbocycles. The summed E-state index contributed by atoms with van der Waals surface area (Å²) in [6.07, 6.45) is 60.6. The van der Waals surface area contributed by atoms with E-state index >= 15 is 0 Å². The molecule has 0 spiro atoms. The van der Waals surface area contributed by atoms with Gasteiger partial charge < -0.3 is 14.2 Å². The minimum atomic E-state index is -0.790. The van der Waals surface area contributed by atoms with Crippen LogP contribution in [0.2, 0.25) is 0 Å². The minimum absolute atomic E-state index is 0.0894. The van der Waals surface area contributed by atoms with E-state index < -0.39 is 6.10 Å². The maximum absolute atomic E-state index is 12.8. The number of allylic oxidation sites excluding steroid dienone is 10. The van der Waals surface area contributed by atoms with E-state index in [0.29, 0.717) is 19.3 Å². The second-order valence-electron chi connectivity index (χ2n) is 17.1. The molecule has 0 aromatic carbocycles. The van der Waals surface area contributed by atoms with E-state index in [1.165, 1.54) is 116 Å². The van der Waals surface area contributed by atoms with Crippen molar-refractivity contribution in [3.05, 3.63) is 60.8 Å². The molecule has 352 valence electrons. The average molecular weight is 853 g/mol. The van der Waals surface area contributed by atoms with Crippen LogP contribution >= 0.6 is 0 Å². The van der Waals surface area contributed by atoms with Gasteiger partial charge in [0.25, 0.3) is 0 Å². The van der Waals surface area contributed by atoms with Crippen molar-refractivity contribution in [1.82, 2.24) is 0 Å². The standard InChI is InChI=1S/C55H96O6/c1-4-7-10-13-16-19-22-25-26-27-28-29-31-33-36-39-42-45-48-54(57)60-51-52(50-59-53(56)47-44-41-38-35-32-24-21-18-15-12-9-6-3)61-55(58)49-46-43-40-37-34-30-23-20-17-14-11-8-5-2/h8,11,14,17-18,20-21,23,28-29,52H,4-7,9-10,12-13,15-16,19,22,24-27,30-51H2,1-3H3/b11-8-,17-14-,21-18-,23-20-,29-28-. The van der Waals surface area contributed by atoms with Crippen LogP contribution < -0.4 is 0 Å². The fourth-order valence-corrected chi connectivity index (χ4v) is 7.14. The number of rotatable bonds is 46. The predicted octanol–water partition coefficient (Wildman–Crippen LogP) is 16.9. The second kappa shape index (κ2) is 49.8. The Kier molecular flexibility index (Phi) is 47.4. The molecule has 0 radical (unpaired) electrons. The van der Waals surface area contributed by atoms with Crippen molar-refractivity contribution in [2.75, 3.05) is 13.2 Å². The maximum atomic E-state index is 12.8. The zero-order chi connectivity index (χ0) is 44.4. The first-order valence-corrected chi connectivity index (χ1v) is 25.8. The third-order valence-electron chi connectivity index (χ3n) is 11.0. The molecule has 0 aliphatic rings. The predicted molar refractivity (Wildman–Crippen MR) is 261 cm³/mol. The molecule has 61 heavy (non-hydrogen) atoms. The Balaban J connectivity index is 4.38. The molecule has 0 aliphatic carbocycles. The summed E-state index contributed by atoms with van der Waals surface area (Å²) >= 11 is 0. The van der Waals surface area contributed by atoms with Gasteiger partial charge in [-0.1, -0.05) is 204 Å². The molecule has 0 N–H and O–H groups in total. The van der Waals surface area contributed by atoms with Gasteiger partial charge in [-0.25, -0.2) is 0 Å². The van der Waals surface area contributed by atoms with E-state index in [0.717, 1.165) is 96.3 Å². The SMILES string of the molecule is CC\C=C/C=C\C=C/CCCCCCCC(=O)OC(COC(=O)CCCCCCC/C=C\CCCCC)COC(=O)CCCCCCC/C=C\CCCCCCCCCCC. The summed E-state index contributed by atoms with van der Waals surface area (Å²) in [6.45, 7) is 6.45. The normalized spacial score (nSPS) is 12.5. The van der Waals surface area contributed by atoms with Crippen molar-refractivity contribution in [2.45, 2.75) is 258 Å². The topological polar surface area (TPSA) is 78.9 Å². The largest absolute Gasteiger partial charge is 0.462 e. The molecule has 0 amide bonds. The monoisotopic (exact) mass is 853 g/mol. The van der Waals surface area contributed by atoms with Gasteiger partial charge in [0.15, 0.2) is 6.10 Å². The molecule has 0 aliphatic heterocycles. The number of esters is 3. The Morgan fingerprint density at radius 2 is 0.656 bits per heavy atom. The molecule has 0 heterocycles. The van der Waals surface area contributed by atoms with Gasteiger partial charge in [0.05, 0.1) is 0 Å². The molecule has 0 bridgehead atoms. The molecule has 1 unspecified atom stereocenters. The molecule has 6 heteroatoms. The van der Waals surface area contributed by atoms with Crippen molar-refractivity contribution >= 4 is 17.9 Å². The van der Waals surface area contributed by atoms with Crippen molar-refractivity contribution in [1.29, 1.82) is 0 Å².